The van der Waals surface area contributed by atoms with Gasteiger partial charge in [0.05, 0.1) is 5.52 Å². The van der Waals surface area contributed by atoms with Gasteiger partial charge >= 0.3 is 5.76 Å². The lowest BCUT2D eigenvalue weighted by molar-refractivity contribution is 0.0949. The molecule has 144 valence electrons. The van der Waals surface area contributed by atoms with Crippen LogP contribution in [0.15, 0.2) is 57.8 Å². The molecule has 0 unspecified atom stereocenters. The predicted octanol–water partition coefficient (Wildman–Crippen LogP) is 3.29. The largest absolute Gasteiger partial charge is 0.417 e. The second-order valence-electron chi connectivity index (χ2n) is 6.77. The average molecular weight is 398 g/mol. The SMILES string of the molecule is O=C(NCCN1CC=C(c2ccc(Cl)cc2)CC1)c1ccc2[nH]c(=O)oc2c1. The standard InChI is InChI=1S/C21H20ClN3O3/c22-17-4-1-14(2-5-17)15-7-10-25(11-8-15)12-9-23-20(26)16-3-6-18-19(13-16)28-21(27)24-18/h1-7,13H,8-12H2,(H,23,26)(H,24,27). The molecule has 1 aliphatic heterocycles. The third-order valence-electron chi connectivity index (χ3n) is 4.91. The first-order valence-electron chi connectivity index (χ1n) is 9.17. The normalized spacial score (nSPS) is 14.8. The number of carbonyl (C=O) groups excluding carboxylic acids is 1. The Morgan fingerprint density at radius 1 is 1.21 bits per heavy atom. The molecule has 0 fully saturated rings. The Balaban J connectivity index is 1.28. The topological polar surface area (TPSA) is 78.3 Å². The third-order valence-corrected chi connectivity index (χ3v) is 5.16. The summed E-state index contributed by atoms with van der Waals surface area (Å²) in [5.74, 6) is -0.705. The minimum absolute atomic E-state index is 0.180. The van der Waals surface area contributed by atoms with E-state index in [1.54, 1.807) is 18.2 Å². The maximum Gasteiger partial charge on any atom is 0.417 e. The second-order valence-corrected chi connectivity index (χ2v) is 7.20. The van der Waals surface area contributed by atoms with Crippen LogP contribution in [0.25, 0.3) is 16.7 Å². The van der Waals surface area contributed by atoms with Gasteiger partial charge in [-0.3, -0.25) is 14.7 Å². The van der Waals surface area contributed by atoms with Gasteiger partial charge in [0.25, 0.3) is 5.91 Å². The number of oxazole rings is 1. The summed E-state index contributed by atoms with van der Waals surface area (Å²) in [7, 11) is 0. The number of benzene rings is 2. The number of halogens is 1. The Bertz CT molecular complexity index is 1080. The smallest absolute Gasteiger partial charge is 0.408 e. The highest BCUT2D eigenvalue weighted by Crippen LogP contribution is 2.23. The fourth-order valence-electron chi connectivity index (χ4n) is 3.36. The number of H-pyrrole nitrogens is 1. The summed E-state index contributed by atoms with van der Waals surface area (Å²) in [6.07, 6.45) is 3.20. The van der Waals surface area contributed by atoms with Crippen LogP contribution in [-0.4, -0.2) is 42.0 Å². The average Bonchev–Trinajstić information content (AvgIpc) is 3.08. The quantitative estimate of drug-likeness (QED) is 0.692. The van der Waals surface area contributed by atoms with Gasteiger partial charge in [-0.25, -0.2) is 4.79 Å². The van der Waals surface area contributed by atoms with Crippen molar-refractivity contribution in [2.45, 2.75) is 6.42 Å². The number of hydrogen-bond donors (Lipinski definition) is 2. The van der Waals surface area contributed by atoms with E-state index in [-0.39, 0.29) is 5.91 Å². The van der Waals surface area contributed by atoms with Crippen LogP contribution in [0.3, 0.4) is 0 Å². The van der Waals surface area contributed by atoms with E-state index < -0.39 is 5.76 Å². The van der Waals surface area contributed by atoms with Gasteiger partial charge in [0, 0.05) is 36.8 Å². The summed E-state index contributed by atoms with van der Waals surface area (Å²) in [5.41, 5.74) is 3.98. The minimum atomic E-state index is -0.524. The molecule has 2 heterocycles. The van der Waals surface area contributed by atoms with Gasteiger partial charge in [-0.2, -0.15) is 0 Å². The van der Waals surface area contributed by atoms with Crippen molar-refractivity contribution in [3.05, 3.63) is 75.2 Å². The van der Waals surface area contributed by atoms with E-state index in [2.05, 4.69) is 21.3 Å². The number of hydrogen-bond acceptors (Lipinski definition) is 4. The Kier molecular flexibility index (Phi) is 5.32. The molecule has 0 atom stereocenters. The fourth-order valence-corrected chi connectivity index (χ4v) is 3.48. The Labute approximate surface area is 166 Å². The van der Waals surface area contributed by atoms with Crippen molar-refractivity contribution in [1.82, 2.24) is 15.2 Å². The van der Waals surface area contributed by atoms with Gasteiger partial charge in [0.1, 0.15) is 0 Å². The van der Waals surface area contributed by atoms with Crippen LogP contribution in [-0.2, 0) is 0 Å². The van der Waals surface area contributed by atoms with Crippen molar-refractivity contribution in [2.24, 2.45) is 0 Å². The molecule has 3 aromatic rings. The molecule has 0 spiro atoms. The molecule has 0 saturated heterocycles. The Morgan fingerprint density at radius 2 is 2.04 bits per heavy atom. The molecule has 1 aliphatic rings. The molecule has 7 heteroatoms. The molecular formula is C21H20ClN3O3. The first kappa shape index (κ1) is 18.5. The van der Waals surface area contributed by atoms with E-state index in [0.717, 1.165) is 31.1 Å². The summed E-state index contributed by atoms with van der Waals surface area (Å²) < 4.78 is 5.00. The summed E-state index contributed by atoms with van der Waals surface area (Å²) >= 11 is 5.95. The molecule has 6 nitrogen and oxygen atoms in total. The maximum atomic E-state index is 12.3. The first-order chi connectivity index (χ1) is 13.6. The van der Waals surface area contributed by atoms with Crippen LogP contribution >= 0.6 is 11.6 Å². The van der Waals surface area contributed by atoms with E-state index in [0.29, 0.717) is 23.2 Å². The molecule has 0 saturated carbocycles. The lowest BCUT2D eigenvalue weighted by atomic mass is 9.99. The molecule has 28 heavy (non-hydrogen) atoms. The van der Waals surface area contributed by atoms with E-state index in [4.69, 9.17) is 16.0 Å². The summed E-state index contributed by atoms with van der Waals surface area (Å²) in [6.45, 7) is 3.13. The highest BCUT2D eigenvalue weighted by atomic mass is 35.5. The van der Waals surface area contributed by atoms with Gasteiger partial charge < -0.3 is 9.73 Å². The van der Waals surface area contributed by atoms with Gasteiger partial charge in [-0.15, -0.1) is 0 Å². The third kappa shape index (κ3) is 4.18. The Morgan fingerprint density at radius 3 is 2.79 bits per heavy atom. The second kappa shape index (κ2) is 8.04. The number of amides is 1. The monoisotopic (exact) mass is 397 g/mol. The molecule has 0 bridgehead atoms. The van der Waals surface area contributed by atoms with Crippen molar-refractivity contribution >= 4 is 34.2 Å². The number of aromatic nitrogens is 1. The first-order valence-corrected chi connectivity index (χ1v) is 9.55. The summed E-state index contributed by atoms with van der Waals surface area (Å²) in [6, 6.07) is 12.8. The van der Waals surface area contributed by atoms with Crippen LogP contribution < -0.4 is 11.1 Å². The van der Waals surface area contributed by atoms with E-state index in [1.165, 1.54) is 11.1 Å². The number of nitrogens with zero attached hydrogens (tertiary/aromatic N) is 1. The molecular weight excluding hydrogens is 378 g/mol. The van der Waals surface area contributed by atoms with Crippen LogP contribution in [0.2, 0.25) is 5.02 Å². The molecule has 0 radical (unpaired) electrons. The number of carbonyl (C=O) groups is 1. The number of aromatic amines is 1. The van der Waals surface area contributed by atoms with Crippen LogP contribution in [0.1, 0.15) is 22.3 Å². The summed E-state index contributed by atoms with van der Waals surface area (Å²) in [4.78, 5) is 28.4. The maximum absolute atomic E-state index is 12.3. The number of nitrogens with one attached hydrogen (secondary N) is 2. The van der Waals surface area contributed by atoms with Crippen LogP contribution in [0.5, 0.6) is 0 Å². The fraction of sp³-hybridized carbons (Fsp3) is 0.238. The highest BCUT2D eigenvalue weighted by molar-refractivity contribution is 6.30. The molecule has 1 amide bonds. The predicted molar refractivity (Wildman–Crippen MR) is 110 cm³/mol. The lowest BCUT2D eigenvalue weighted by Crippen LogP contribution is -2.37. The van der Waals surface area contributed by atoms with Gasteiger partial charge in [-0.05, 0) is 47.9 Å². The zero-order chi connectivity index (χ0) is 19.5. The van der Waals surface area contributed by atoms with Crippen molar-refractivity contribution < 1.29 is 9.21 Å². The zero-order valence-electron chi connectivity index (χ0n) is 15.2. The highest BCUT2D eigenvalue weighted by Gasteiger charge is 2.14. The van der Waals surface area contributed by atoms with Crippen LogP contribution in [0.4, 0.5) is 0 Å². The molecule has 2 aromatic carbocycles. The summed E-state index contributed by atoms with van der Waals surface area (Å²) in [5, 5.41) is 3.67. The molecule has 1 aromatic heterocycles. The van der Waals surface area contributed by atoms with Crippen molar-refractivity contribution in [2.75, 3.05) is 26.2 Å². The number of rotatable bonds is 5. The van der Waals surface area contributed by atoms with Crippen LogP contribution in [0, 0.1) is 0 Å². The minimum Gasteiger partial charge on any atom is -0.408 e. The Hall–Kier alpha value is -2.83. The number of fused-ring (bicyclic) bond motifs is 1. The van der Waals surface area contributed by atoms with Gasteiger partial charge in [0.15, 0.2) is 5.58 Å². The zero-order valence-corrected chi connectivity index (χ0v) is 16.0. The van der Waals surface area contributed by atoms with E-state index in [9.17, 15) is 9.59 Å². The van der Waals surface area contributed by atoms with E-state index in [1.807, 2.05) is 24.3 Å². The molecule has 4 rings (SSSR count). The van der Waals surface area contributed by atoms with Crippen molar-refractivity contribution in [1.29, 1.82) is 0 Å². The van der Waals surface area contributed by atoms with Crippen molar-refractivity contribution in [3.8, 4) is 0 Å². The van der Waals surface area contributed by atoms with Gasteiger partial charge in [-0.1, -0.05) is 29.8 Å². The molecule has 0 aliphatic carbocycles. The molecule has 2 N–H and O–H groups in total. The lowest BCUT2D eigenvalue weighted by Gasteiger charge is -2.26. The van der Waals surface area contributed by atoms with Gasteiger partial charge in [0.2, 0.25) is 0 Å². The van der Waals surface area contributed by atoms with Crippen molar-refractivity contribution in [3.63, 3.8) is 0 Å². The van der Waals surface area contributed by atoms with E-state index >= 15 is 0 Å².